The topological polar surface area (TPSA) is 44.5 Å². The number of halogens is 3. The highest BCUT2D eigenvalue weighted by molar-refractivity contribution is 5.43. The van der Waals surface area contributed by atoms with Crippen LogP contribution in [-0.4, -0.2) is 13.0 Å². The smallest absolute Gasteiger partial charge is 0.493 e. The van der Waals surface area contributed by atoms with Crippen LogP contribution in [0, 0.1) is 0 Å². The third-order valence-corrected chi connectivity index (χ3v) is 2.30. The summed E-state index contributed by atoms with van der Waals surface area (Å²) < 4.78 is 45.0. The molecule has 1 atom stereocenters. The molecule has 3 nitrogen and oxygen atoms in total. The van der Waals surface area contributed by atoms with Crippen molar-refractivity contribution in [3.8, 4) is 11.5 Å². The Labute approximate surface area is 89.9 Å². The Morgan fingerprint density at radius 3 is 2.81 bits per heavy atom. The molecule has 16 heavy (non-hydrogen) atoms. The van der Waals surface area contributed by atoms with Gasteiger partial charge in [0, 0.05) is 18.0 Å². The van der Waals surface area contributed by atoms with Crippen molar-refractivity contribution in [2.24, 2.45) is 5.73 Å². The molecule has 6 heteroatoms. The molecule has 1 aromatic rings. The minimum atomic E-state index is -4.69. The highest BCUT2D eigenvalue weighted by atomic mass is 19.4. The SMILES string of the molecule is NC1CCOc2ccc(OC(F)(F)F)cc21. The maximum absolute atomic E-state index is 12.0. The van der Waals surface area contributed by atoms with Gasteiger partial charge in [-0.3, -0.25) is 0 Å². The van der Waals surface area contributed by atoms with Crippen LogP contribution in [0.2, 0.25) is 0 Å². The average molecular weight is 233 g/mol. The summed E-state index contributed by atoms with van der Waals surface area (Å²) in [7, 11) is 0. The van der Waals surface area contributed by atoms with Crippen LogP contribution in [0.25, 0.3) is 0 Å². The van der Waals surface area contributed by atoms with Crippen LogP contribution in [0.3, 0.4) is 0 Å². The van der Waals surface area contributed by atoms with Crippen molar-refractivity contribution in [1.29, 1.82) is 0 Å². The van der Waals surface area contributed by atoms with E-state index in [1.54, 1.807) is 0 Å². The zero-order valence-corrected chi connectivity index (χ0v) is 8.25. The van der Waals surface area contributed by atoms with E-state index in [1.165, 1.54) is 18.2 Å². The highest BCUT2D eigenvalue weighted by Crippen LogP contribution is 2.34. The van der Waals surface area contributed by atoms with E-state index in [0.717, 1.165) is 0 Å². The molecule has 0 aromatic heterocycles. The first-order chi connectivity index (χ1) is 7.46. The number of hydrogen-bond acceptors (Lipinski definition) is 3. The van der Waals surface area contributed by atoms with Crippen LogP contribution >= 0.6 is 0 Å². The number of ether oxygens (including phenoxy) is 2. The molecule has 0 fully saturated rings. The lowest BCUT2D eigenvalue weighted by Gasteiger charge is -2.23. The molecule has 0 spiro atoms. The van der Waals surface area contributed by atoms with Crippen molar-refractivity contribution in [3.05, 3.63) is 23.8 Å². The van der Waals surface area contributed by atoms with Gasteiger partial charge in [0.25, 0.3) is 0 Å². The van der Waals surface area contributed by atoms with Crippen molar-refractivity contribution in [2.75, 3.05) is 6.61 Å². The van der Waals surface area contributed by atoms with E-state index in [2.05, 4.69) is 4.74 Å². The van der Waals surface area contributed by atoms with Crippen molar-refractivity contribution in [3.63, 3.8) is 0 Å². The molecule has 0 aliphatic carbocycles. The third-order valence-electron chi connectivity index (χ3n) is 2.30. The summed E-state index contributed by atoms with van der Waals surface area (Å²) >= 11 is 0. The minimum absolute atomic E-state index is 0.271. The zero-order valence-electron chi connectivity index (χ0n) is 8.25. The molecule has 2 rings (SSSR count). The van der Waals surface area contributed by atoms with E-state index in [9.17, 15) is 13.2 Å². The molecule has 0 amide bonds. The molecule has 1 heterocycles. The first kappa shape index (κ1) is 11.1. The molecule has 0 bridgehead atoms. The summed E-state index contributed by atoms with van der Waals surface area (Å²) in [5.74, 6) is 0.250. The molecule has 88 valence electrons. The van der Waals surface area contributed by atoms with Crippen LogP contribution < -0.4 is 15.2 Å². The molecule has 2 N–H and O–H groups in total. The molecule has 1 aliphatic heterocycles. The van der Waals surface area contributed by atoms with Gasteiger partial charge in [-0.15, -0.1) is 13.2 Å². The lowest BCUT2D eigenvalue weighted by atomic mass is 10.0. The fourth-order valence-electron chi connectivity index (χ4n) is 1.60. The predicted molar refractivity (Wildman–Crippen MR) is 50.2 cm³/mol. The van der Waals surface area contributed by atoms with E-state index in [-0.39, 0.29) is 11.8 Å². The van der Waals surface area contributed by atoms with Crippen molar-refractivity contribution in [1.82, 2.24) is 0 Å². The molecule has 1 aromatic carbocycles. The Morgan fingerprint density at radius 1 is 1.38 bits per heavy atom. The standard InChI is InChI=1S/C10H10F3NO2/c11-10(12,13)16-6-1-2-9-7(5-6)8(14)3-4-15-9/h1-2,5,8H,3-4,14H2. The third kappa shape index (κ3) is 2.38. The Balaban J connectivity index is 2.27. The lowest BCUT2D eigenvalue weighted by Crippen LogP contribution is -2.21. The number of hydrogen-bond donors (Lipinski definition) is 1. The summed E-state index contributed by atoms with van der Waals surface area (Å²) in [5.41, 5.74) is 6.31. The van der Waals surface area contributed by atoms with E-state index >= 15 is 0 Å². The minimum Gasteiger partial charge on any atom is -0.493 e. The van der Waals surface area contributed by atoms with E-state index in [4.69, 9.17) is 10.5 Å². The first-order valence-corrected chi connectivity index (χ1v) is 4.74. The van der Waals surface area contributed by atoms with E-state index in [0.29, 0.717) is 24.3 Å². The molecule has 0 saturated heterocycles. The fraction of sp³-hybridized carbons (Fsp3) is 0.400. The van der Waals surface area contributed by atoms with Crippen LogP contribution in [0.5, 0.6) is 11.5 Å². The van der Waals surface area contributed by atoms with Gasteiger partial charge in [-0.05, 0) is 18.2 Å². The summed E-state index contributed by atoms with van der Waals surface area (Å²) in [4.78, 5) is 0. The number of fused-ring (bicyclic) bond motifs is 1. The van der Waals surface area contributed by atoms with Gasteiger partial charge in [-0.1, -0.05) is 0 Å². The second-order valence-corrected chi connectivity index (χ2v) is 3.49. The van der Waals surface area contributed by atoms with E-state index < -0.39 is 6.36 Å². The van der Waals surface area contributed by atoms with Gasteiger partial charge in [-0.2, -0.15) is 0 Å². The van der Waals surface area contributed by atoms with Gasteiger partial charge in [0.15, 0.2) is 0 Å². The van der Waals surface area contributed by atoms with Crippen LogP contribution in [0.4, 0.5) is 13.2 Å². The normalized spacial score (nSPS) is 19.9. The first-order valence-electron chi connectivity index (χ1n) is 4.74. The molecule has 1 unspecified atom stereocenters. The molecule has 0 saturated carbocycles. The number of nitrogens with two attached hydrogens (primary N) is 1. The van der Waals surface area contributed by atoms with Gasteiger partial charge < -0.3 is 15.2 Å². The second kappa shape index (κ2) is 3.86. The van der Waals surface area contributed by atoms with Crippen LogP contribution in [0.15, 0.2) is 18.2 Å². The quantitative estimate of drug-likeness (QED) is 0.809. The van der Waals surface area contributed by atoms with Gasteiger partial charge in [0.1, 0.15) is 11.5 Å². The van der Waals surface area contributed by atoms with Gasteiger partial charge >= 0.3 is 6.36 Å². The monoisotopic (exact) mass is 233 g/mol. The maximum atomic E-state index is 12.0. The number of benzene rings is 1. The van der Waals surface area contributed by atoms with Crippen LogP contribution in [-0.2, 0) is 0 Å². The molecular formula is C10H10F3NO2. The van der Waals surface area contributed by atoms with Gasteiger partial charge in [0.2, 0.25) is 0 Å². The summed E-state index contributed by atoms with van der Waals surface area (Å²) in [5, 5.41) is 0. The largest absolute Gasteiger partial charge is 0.573 e. The van der Waals surface area contributed by atoms with Gasteiger partial charge in [0.05, 0.1) is 6.61 Å². The second-order valence-electron chi connectivity index (χ2n) is 3.49. The zero-order chi connectivity index (χ0) is 11.8. The number of alkyl halides is 3. The predicted octanol–water partition coefficient (Wildman–Crippen LogP) is 2.37. The molecule has 0 radical (unpaired) electrons. The Bertz CT molecular complexity index is 392. The number of rotatable bonds is 1. The van der Waals surface area contributed by atoms with E-state index in [1.807, 2.05) is 0 Å². The van der Waals surface area contributed by atoms with Gasteiger partial charge in [-0.25, -0.2) is 0 Å². The summed E-state index contributed by atoms with van der Waals surface area (Å²) in [6.45, 7) is 0.480. The Kier molecular flexibility index (Phi) is 2.67. The maximum Gasteiger partial charge on any atom is 0.573 e. The van der Waals surface area contributed by atoms with Crippen molar-refractivity contribution < 1.29 is 22.6 Å². The van der Waals surface area contributed by atoms with Crippen molar-refractivity contribution in [2.45, 2.75) is 18.8 Å². The molecular weight excluding hydrogens is 223 g/mol. The Morgan fingerprint density at radius 2 is 2.12 bits per heavy atom. The Hall–Kier alpha value is -1.43. The average Bonchev–Trinajstić information content (AvgIpc) is 2.17. The van der Waals surface area contributed by atoms with Crippen molar-refractivity contribution >= 4 is 0 Å². The van der Waals surface area contributed by atoms with Crippen LogP contribution in [0.1, 0.15) is 18.0 Å². The fourth-order valence-corrected chi connectivity index (χ4v) is 1.60. The lowest BCUT2D eigenvalue weighted by molar-refractivity contribution is -0.274. The highest BCUT2D eigenvalue weighted by Gasteiger charge is 2.31. The summed E-state index contributed by atoms with van der Waals surface area (Å²) in [6, 6.07) is 3.62. The molecule has 1 aliphatic rings. The summed E-state index contributed by atoms with van der Waals surface area (Å²) in [6.07, 6.45) is -4.10.